The van der Waals surface area contributed by atoms with Crippen molar-refractivity contribution in [3.05, 3.63) is 42.4 Å². The van der Waals surface area contributed by atoms with E-state index < -0.39 is 0 Å². The van der Waals surface area contributed by atoms with Crippen LogP contribution >= 0.6 is 0 Å². The van der Waals surface area contributed by atoms with Gasteiger partial charge in [0.25, 0.3) is 0 Å². The predicted octanol–water partition coefficient (Wildman–Crippen LogP) is 4.68. The van der Waals surface area contributed by atoms with E-state index in [0.717, 1.165) is 41.3 Å². The van der Waals surface area contributed by atoms with E-state index in [-0.39, 0.29) is 6.10 Å². The first-order valence-corrected chi connectivity index (χ1v) is 8.42. The molecule has 2 aromatic heterocycles. The van der Waals surface area contributed by atoms with Gasteiger partial charge in [0.1, 0.15) is 17.6 Å². The molecule has 5 nitrogen and oxygen atoms in total. The van der Waals surface area contributed by atoms with Crippen LogP contribution in [0.1, 0.15) is 32.8 Å². The summed E-state index contributed by atoms with van der Waals surface area (Å²) in [5.74, 6) is 1.64. The number of rotatable bonds is 6. The molecule has 0 aliphatic carbocycles. The van der Waals surface area contributed by atoms with Crippen LogP contribution in [0.3, 0.4) is 0 Å². The van der Waals surface area contributed by atoms with Crippen molar-refractivity contribution < 1.29 is 4.74 Å². The van der Waals surface area contributed by atoms with Crippen LogP contribution in [0, 0.1) is 6.92 Å². The van der Waals surface area contributed by atoms with Gasteiger partial charge in [-0.2, -0.15) is 0 Å². The molecule has 126 valence electrons. The van der Waals surface area contributed by atoms with Crippen molar-refractivity contribution in [2.24, 2.45) is 0 Å². The highest BCUT2D eigenvalue weighted by molar-refractivity contribution is 5.88. The number of benzene rings is 1. The molecule has 0 saturated carbocycles. The van der Waals surface area contributed by atoms with Crippen LogP contribution in [-0.2, 0) is 6.54 Å². The van der Waals surface area contributed by atoms with E-state index in [1.54, 1.807) is 6.33 Å². The molecule has 1 N–H and O–H groups in total. The minimum atomic E-state index is 0.113. The predicted molar refractivity (Wildman–Crippen MR) is 98.0 cm³/mol. The SMILES string of the molecule is CCCn1ccc2ncnc(Nc3ccc(C)cc3OC(C)C)c21. The van der Waals surface area contributed by atoms with Crippen LogP contribution < -0.4 is 10.1 Å². The lowest BCUT2D eigenvalue weighted by Gasteiger charge is -2.17. The lowest BCUT2D eigenvalue weighted by Crippen LogP contribution is -2.08. The highest BCUT2D eigenvalue weighted by Crippen LogP contribution is 2.31. The molecule has 0 amide bonds. The smallest absolute Gasteiger partial charge is 0.158 e. The Hall–Kier alpha value is -2.56. The van der Waals surface area contributed by atoms with Crippen molar-refractivity contribution in [1.29, 1.82) is 0 Å². The van der Waals surface area contributed by atoms with E-state index in [0.29, 0.717) is 0 Å². The highest BCUT2D eigenvalue weighted by Gasteiger charge is 2.12. The van der Waals surface area contributed by atoms with Crippen LogP contribution in [0.2, 0.25) is 0 Å². The zero-order valence-corrected chi connectivity index (χ0v) is 14.7. The molecule has 0 spiro atoms. The second kappa shape index (κ2) is 6.91. The first kappa shape index (κ1) is 16.3. The van der Waals surface area contributed by atoms with Gasteiger partial charge in [-0.15, -0.1) is 0 Å². The second-order valence-electron chi connectivity index (χ2n) is 6.26. The molecule has 1 aromatic carbocycles. The van der Waals surface area contributed by atoms with Gasteiger partial charge in [0.15, 0.2) is 5.82 Å². The van der Waals surface area contributed by atoms with Crippen molar-refractivity contribution in [2.75, 3.05) is 5.32 Å². The maximum Gasteiger partial charge on any atom is 0.158 e. The molecule has 0 atom stereocenters. The summed E-state index contributed by atoms with van der Waals surface area (Å²) in [6.07, 6.45) is 4.83. The zero-order chi connectivity index (χ0) is 17.1. The van der Waals surface area contributed by atoms with E-state index >= 15 is 0 Å². The highest BCUT2D eigenvalue weighted by atomic mass is 16.5. The summed E-state index contributed by atoms with van der Waals surface area (Å²) in [5, 5.41) is 3.44. The fourth-order valence-electron chi connectivity index (χ4n) is 2.76. The second-order valence-corrected chi connectivity index (χ2v) is 6.26. The average Bonchev–Trinajstić information content (AvgIpc) is 2.94. The number of hydrogen-bond donors (Lipinski definition) is 1. The molecule has 5 heteroatoms. The molecule has 3 rings (SSSR count). The average molecular weight is 324 g/mol. The Bertz CT molecular complexity index is 838. The standard InChI is InChI=1S/C19H24N4O/c1-5-9-23-10-8-16-18(23)19(21-12-20-16)22-15-7-6-14(4)11-17(15)24-13(2)3/h6-8,10-13H,5,9H2,1-4H3,(H,20,21,22). The number of ether oxygens (including phenoxy) is 1. The molecule has 0 saturated heterocycles. The van der Waals surface area contributed by atoms with Crippen molar-refractivity contribution in [2.45, 2.75) is 46.8 Å². The summed E-state index contributed by atoms with van der Waals surface area (Å²) in [7, 11) is 0. The van der Waals surface area contributed by atoms with Gasteiger partial charge in [0.05, 0.1) is 17.3 Å². The van der Waals surface area contributed by atoms with Crippen LogP contribution in [0.15, 0.2) is 36.8 Å². The van der Waals surface area contributed by atoms with Gasteiger partial charge in [-0.1, -0.05) is 13.0 Å². The summed E-state index contributed by atoms with van der Waals surface area (Å²) < 4.78 is 8.15. The summed E-state index contributed by atoms with van der Waals surface area (Å²) >= 11 is 0. The van der Waals surface area contributed by atoms with Crippen LogP contribution in [0.4, 0.5) is 11.5 Å². The maximum atomic E-state index is 5.96. The normalized spacial score (nSPS) is 11.2. The molecule has 2 heterocycles. The van der Waals surface area contributed by atoms with Crippen LogP contribution in [-0.4, -0.2) is 20.6 Å². The fourth-order valence-corrected chi connectivity index (χ4v) is 2.76. The minimum absolute atomic E-state index is 0.113. The third-order valence-corrected chi connectivity index (χ3v) is 3.77. The lowest BCUT2D eigenvalue weighted by molar-refractivity contribution is 0.243. The number of nitrogens with one attached hydrogen (secondary N) is 1. The minimum Gasteiger partial charge on any atom is -0.489 e. The molecule has 0 unspecified atom stereocenters. The molecule has 0 fully saturated rings. The van der Waals surface area contributed by atoms with Gasteiger partial charge in [-0.05, 0) is 51.0 Å². The number of aromatic nitrogens is 3. The van der Waals surface area contributed by atoms with Gasteiger partial charge >= 0.3 is 0 Å². The Labute approximate surface area is 142 Å². The number of nitrogens with zero attached hydrogens (tertiary/aromatic N) is 3. The van der Waals surface area contributed by atoms with E-state index in [1.807, 2.05) is 32.0 Å². The molecule has 24 heavy (non-hydrogen) atoms. The van der Waals surface area contributed by atoms with Crippen LogP contribution in [0.5, 0.6) is 5.75 Å². The summed E-state index contributed by atoms with van der Waals surface area (Å²) in [4.78, 5) is 8.83. The van der Waals surface area contributed by atoms with Crippen molar-refractivity contribution in [3.8, 4) is 5.75 Å². The molecular weight excluding hydrogens is 300 g/mol. The Morgan fingerprint density at radius 1 is 1.21 bits per heavy atom. The molecule has 0 aliphatic rings. The Kier molecular flexibility index (Phi) is 4.69. The summed E-state index contributed by atoms with van der Waals surface area (Å²) in [5.41, 5.74) is 4.05. The Morgan fingerprint density at radius 2 is 2.04 bits per heavy atom. The monoisotopic (exact) mass is 324 g/mol. The molecule has 0 bridgehead atoms. The fraction of sp³-hybridized carbons (Fsp3) is 0.368. The summed E-state index contributed by atoms with van der Waals surface area (Å²) in [6, 6.07) is 8.18. The van der Waals surface area contributed by atoms with Crippen molar-refractivity contribution >= 4 is 22.5 Å². The third-order valence-electron chi connectivity index (χ3n) is 3.77. The van der Waals surface area contributed by atoms with E-state index in [1.165, 1.54) is 5.56 Å². The van der Waals surface area contributed by atoms with Gasteiger partial charge in [0, 0.05) is 12.7 Å². The first-order chi connectivity index (χ1) is 11.6. The largest absolute Gasteiger partial charge is 0.489 e. The van der Waals surface area contributed by atoms with Gasteiger partial charge < -0.3 is 14.6 Å². The van der Waals surface area contributed by atoms with Crippen LogP contribution in [0.25, 0.3) is 11.0 Å². The molecule has 0 radical (unpaired) electrons. The Balaban J connectivity index is 2.02. The molecular formula is C19H24N4O. The zero-order valence-electron chi connectivity index (χ0n) is 14.7. The number of aryl methyl sites for hydroxylation is 2. The maximum absolute atomic E-state index is 5.96. The van der Waals surface area contributed by atoms with E-state index in [4.69, 9.17) is 4.74 Å². The molecule has 0 aliphatic heterocycles. The number of fused-ring (bicyclic) bond motifs is 1. The Morgan fingerprint density at radius 3 is 2.79 bits per heavy atom. The first-order valence-electron chi connectivity index (χ1n) is 8.42. The van der Waals surface area contributed by atoms with Gasteiger partial charge in [-0.3, -0.25) is 0 Å². The lowest BCUT2D eigenvalue weighted by atomic mass is 10.2. The van der Waals surface area contributed by atoms with Gasteiger partial charge in [0.2, 0.25) is 0 Å². The van der Waals surface area contributed by atoms with E-state index in [2.05, 4.69) is 46.0 Å². The third kappa shape index (κ3) is 3.35. The number of hydrogen-bond acceptors (Lipinski definition) is 4. The quantitative estimate of drug-likeness (QED) is 0.715. The van der Waals surface area contributed by atoms with E-state index in [9.17, 15) is 0 Å². The number of anilines is 2. The van der Waals surface area contributed by atoms with Gasteiger partial charge in [-0.25, -0.2) is 9.97 Å². The summed E-state index contributed by atoms with van der Waals surface area (Å²) in [6.45, 7) is 9.22. The van der Waals surface area contributed by atoms with Crippen molar-refractivity contribution in [1.82, 2.24) is 14.5 Å². The molecule has 3 aromatic rings. The topological polar surface area (TPSA) is 52.0 Å². The van der Waals surface area contributed by atoms with Crippen molar-refractivity contribution in [3.63, 3.8) is 0 Å².